The third kappa shape index (κ3) is 11.6. The summed E-state index contributed by atoms with van der Waals surface area (Å²) in [5.74, 6) is 2.42. The van der Waals surface area contributed by atoms with E-state index >= 15 is 0 Å². The van der Waals surface area contributed by atoms with Gasteiger partial charge in [-0.3, -0.25) is 4.99 Å². The second-order valence-electron chi connectivity index (χ2n) is 8.07. The third-order valence-electron chi connectivity index (χ3n) is 5.18. The second kappa shape index (κ2) is 18.1. The van der Waals surface area contributed by atoms with Gasteiger partial charge in [0.15, 0.2) is 17.5 Å². The fraction of sp³-hybridized carbons (Fsp3) is 0.720. The third-order valence-corrected chi connectivity index (χ3v) is 5.18. The molecule has 1 fully saturated rings. The number of aliphatic imine (C=N–C) groups is 1. The lowest BCUT2D eigenvalue weighted by molar-refractivity contribution is -0.0318. The van der Waals surface area contributed by atoms with Gasteiger partial charge in [0, 0.05) is 32.9 Å². The van der Waals surface area contributed by atoms with Crippen molar-refractivity contribution in [1.82, 2.24) is 10.6 Å². The smallest absolute Gasteiger partial charge is 0.191 e. The number of nitrogens with one attached hydrogen (secondary N) is 2. The Morgan fingerprint density at radius 1 is 1.06 bits per heavy atom. The van der Waals surface area contributed by atoms with Crippen molar-refractivity contribution in [2.24, 2.45) is 4.99 Å². The first-order valence-corrected chi connectivity index (χ1v) is 12.3. The maximum absolute atomic E-state index is 5.95. The zero-order valence-electron chi connectivity index (χ0n) is 20.9. The molecule has 1 aliphatic heterocycles. The summed E-state index contributed by atoms with van der Waals surface area (Å²) in [7, 11) is 0. The quantitative estimate of drug-likeness (QED) is 0.139. The molecule has 0 aromatic heterocycles. The van der Waals surface area contributed by atoms with Gasteiger partial charge >= 0.3 is 0 Å². The topological polar surface area (TPSA) is 73.3 Å². The Morgan fingerprint density at radius 2 is 1.76 bits per heavy atom. The van der Waals surface area contributed by atoms with Crippen LogP contribution >= 0.6 is 24.0 Å². The second-order valence-corrected chi connectivity index (χ2v) is 8.07. The van der Waals surface area contributed by atoms with Crippen LogP contribution in [0.3, 0.4) is 0 Å². The van der Waals surface area contributed by atoms with Gasteiger partial charge in [0.25, 0.3) is 0 Å². The van der Waals surface area contributed by atoms with E-state index in [1.165, 1.54) is 0 Å². The van der Waals surface area contributed by atoms with Gasteiger partial charge in [-0.2, -0.15) is 0 Å². The van der Waals surface area contributed by atoms with Crippen molar-refractivity contribution in [3.8, 4) is 11.5 Å². The van der Waals surface area contributed by atoms with Gasteiger partial charge in [0.1, 0.15) is 0 Å². The monoisotopic (exact) mass is 577 g/mol. The highest BCUT2D eigenvalue weighted by Gasteiger charge is 2.14. The van der Waals surface area contributed by atoms with Crippen LogP contribution in [0.5, 0.6) is 11.5 Å². The summed E-state index contributed by atoms with van der Waals surface area (Å²) < 4.78 is 23.1. The molecule has 0 radical (unpaired) electrons. The number of hydrogen-bond acceptors (Lipinski definition) is 5. The summed E-state index contributed by atoms with van der Waals surface area (Å²) in [6, 6.07) is 6.25. The van der Waals surface area contributed by atoms with Crippen LogP contribution in [0.1, 0.15) is 71.4 Å². The number of rotatable bonds is 14. The number of guanidine groups is 1. The summed E-state index contributed by atoms with van der Waals surface area (Å²) in [4.78, 5) is 4.73. The first kappa shape index (κ1) is 29.8. The molecule has 1 heterocycles. The molecule has 1 unspecified atom stereocenters. The van der Waals surface area contributed by atoms with E-state index in [4.69, 9.17) is 23.9 Å². The maximum Gasteiger partial charge on any atom is 0.191 e. The first-order chi connectivity index (χ1) is 15.7. The molecule has 2 N–H and O–H groups in total. The highest BCUT2D eigenvalue weighted by Crippen LogP contribution is 2.31. The van der Waals surface area contributed by atoms with Crippen LogP contribution in [0, 0.1) is 0 Å². The molecule has 0 aliphatic carbocycles. The van der Waals surface area contributed by atoms with E-state index in [1.54, 1.807) is 0 Å². The molecule has 7 nitrogen and oxygen atoms in total. The normalized spacial score (nSPS) is 15.5. The average Bonchev–Trinajstić information content (AvgIpc) is 2.82. The van der Waals surface area contributed by atoms with E-state index in [-0.39, 0.29) is 30.0 Å². The Balaban J connectivity index is 0.00000544. The molecule has 0 amide bonds. The van der Waals surface area contributed by atoms with Gasteiger partial charge in [-0.05, 0) is 63.6 Å². The van der Waals surface area contributed by atoms with E-state index in [2.05, 4.69) is 50.5 Å². The summed E-state index contributed by atoms with van der Waals surface area (Å²) in [5, 5.41) is 6.84. The van der Waals surface area contributed by atoms with Crippen LogP contribution < -0.4 is 20.1 Å². The minimum atomic E-state index is 0. The lowest BCUT2D eigenvalue weighted by Gasteiger charge is -2.22. The molecule has 0 saturated carbocycles. The molecule has 2 rings (SSSR count). The molecule has 1 aromatic carbocycles. The van der Waals surface area contributed by atoms with Gasteiger partial charge in [-0.1, -0.05) is 19.9 Å². The SMILES string of the molecule is CCCOc1ccc(C(C)NC(=NCCCOC2CCOCC2)NCC)cc1OCCC.I. The molecule has 8 heteroatoms. The van der Waals surface area contributed by atoms with E-state index in [0.29, 0.717) is 19.3 Å². The summed E-state index contributed by atoms with van der Waals surface area (Å²) >= 11 is 0. The Morgan fingerprint density at radius 3 is 2.42 bits per heavy atom. The standard InChI is InChI=1S/C25H43N3O4.HI/c1-5-14-31-23-10-9-21(19-24(23)32-15-6-2)20(4)28-25(26-7-3)27-13-8-16-30-22-11-17-29-18-12-22;/h9-10,19-20,22H,5-8,11-18H2,1-4H3,(H2,26,27,28);1H. The van der Waals surface area contributed by atoms with E-state index < -0.39 is 0 Å². The van der Waals surface area contributed by atoms with E-state index in [1.807, 2.05) is 6.07 Å². The van der Waals surface area contributed by atoms with Crippen molar-refractivity contribution in [1.29, 1.82) is 0 Å². The zero-order valence-corrected chi connectivity index (χ0v) is 23.2. The highest BCUT2D eigenvalue weighted by atomic mass is 127. The number of benzene rings is 1. The van der Waals surface area contributed by atoms with Crippen molar-refractivity contribution in [3.63, 3.8) is 0 Å². The first-order valence-electron chi connectivity index (χ1n) is 12.3. The zero-order chi connectivity index (χ0) is 23.0. The molecule has 0 bridgehead atoms. The lowest BCUT2D eigenvalue weighted by atomic mass is 10.1. The average molecular weight is 578 g/mol. The molecular formula is C25H44IN3O4. The predicted octanol–water partition coefficient (Wildman–Crippen LogP) is 5.08. The Bertz CT molecular complexity index is 669. The minimum absolute atomic E-state index is 0. The lowest BCUT2D eigenvalue weighted by Crippen LogP contribution is -2.38. The maximum atomic E-state index is 5.95. The molecule has 1 saturated heterocycles. The van der Waals surface area contributed by atoms with E-state index in [9.17, 15) is 0 Å². The Labute approximate surface area is 217 Å². The van der Waals surface area contributed by atoms with E-state index in [0.717, 1.165) is 88.0 Å². The van der Waals surface area contributed by atoms with Gasteiger partial charge in [-0.15, -0.1) is 24.0 Å². The predicted molar refractivity (Wildman–Crippen MR) is 145 cm³/mol. The molecule has 1 aliphatic rings. The number of hydrogen-bond donors (Lipinski definition) is 2. The van der Waals surface area contributed by atoms with Crippen molar-refractivity contribution in [3.05, 3.63) is 23.8 Å². The molecule has 190 valence electrons. The molecule has 1 atom stereocenters. The molecule has 33 heavy (non-hydrogen) atoms. The minimum Gasteiger partial charge on any atom is -0.490 e. The molecule has 0 spiro atoms. The largest absolute Gasteiger partial charge is 0.490 e. The summed E-state index contributed by atoms with van der Waals surface area (Å²) in [6.07, 6.45) is 5.17. The van der Waals surface area contributed by atoms with Crippen LogP contribution in [-0.2, 0) is 9.47 Å². The highest BCUT2D eigenvalue weighted by molar-refractivity contribution is 14.0. The van der Waals surface area contributed by atoms with Gasteiger partial charge in [0.05, 0.1) is 25.4 Å². The molecule has 1 aromatic rings. The van der Waals surface area contributed by atoms with Crippen molar-refractivity contribution in [2.75, 3.05) is 46.1 Å². The number of halogens is 1. The fourth-order valence-electron chi connectivity index (χ4n) is 3.41. The Kier molecular flexibility index (Phi) is 16.3. The van der Waals surface area contributed by atoms with Crippen LogP contribution in [0.4, 0.5) is 0 Å². The van der Waals surface area contributed by atoms with Crippen molar-refractivity contribution >= 4 is 29.9 Å². The van der Waals surface area contributed by atoms with Gasteiger partial charge in [-0.25, -0.2) is 0 Å². The van der Waals surface area contributed by atoms with Crippen LogP contribution in [0.15, 0.2) is 23.2 Å². The summed E-state index contributed by atoms with van der Waals surface area (Å²) in [6.45, 7) is 13.7. The van der Waals surface area contributed by atoms with Crippen LogP contribution in [0.25, 0.3) is 0 Å². The number of ether oxygens (including phenoxy) is 4. The number of nitrogens with zero attached hydrogens (tertiary/aromatic N) is 1. The van der Waals surface area contributed by atoms with Crippen LogP contribution in [0.2, 0.25) is 0 Å². The fourth-order valence-corrected chi connectivity index (χ4v) is 3.41. The Hall–Kier alpha value is -1.26. The van der Waals surface area contributed by atoms with Gasteiger partial charge < -0.3 is 29.6 Å². The van der Waals surface area contributed by atoms with Gasteiger partial charge in [0.2, 0.25) is 0 Å². The molecular weight excluding hydrogens is 533 g/mol. The van der Waals surface area contributed by atoms with Crippen molar-refractivity contribution < 1.29 is 18.9 Å². The van der Waals surface area contributed by atoms with Crippen molar-refractivity contribution in [2.45, 2.75) is 71.9 Å². The van der Waals surface area contributed by atoms with Crippen LogP contribution in [-0.4, -0.2) is 58.2 Å². The summed E-state index contributed by atoms with van der Waals surface area (Å²) in [5.41, 5.74) is 1.13.